The van der Waals surface area contributed by atoms with Crippen molar-refractivity contribution in [2.75, 3.05) is 40.3 Å². The van der Waals surface area contributed by atoms with E-state index in [0.29, 0.717) is 0 Å². The minimum absolute atomic E-state index is 0.0247. The Hall–Kier alpha value is -2.35. The van der Waals surface area contributed by atoms with Crippen LogP contribution in [0, 0.1) is 17.2 Å². The van der Waals surface area contributed by atoms with Gasteiger partial charge in [-0.2, -0.15) is 0 Å². The fourth-order valence-electron chi connectivity index (χ4n) is 3.78. The summed E-state index contributed by atoms with van der Waals surface area (Å²) in [6.07, 6.45) is 0. The van der Waals surface area contributed by atoms with Gasteiger partial charge in [-0.3, -0.25) is 9.59 Å². The lowest BCUT2D eigenvalue weighted by Gasteiger charge is -2.27. The number of rotatable bonds is 2. The van der Waals surface area contributed by atoms with E-state index in [0.717, 1.165) is 6.07 Å². The summed E-state index contributed by atoms with van der Waals surface area (Å²) < 4.78 is 14.0. The summed E-state index contributed by atoms with van der Waals surface area (Å²) in [5, 5.41) is 9.97. The molecule has 0 bridgehead atoms. The smallest absolute Gasteiger partial charge is 0.319 e. The molecule has 1 aromatic rings. The molecule has 1 N–H and O–H groups in total. The van der Waals surface area contributed by atoms with Crippen LogP contribution in [0.4, 0.5) is 9.18 Å². The molecule has 0 aliphatic carbocycles. The zero-order valence-electron chi connectivity index (χ0n) is 14.4. The van der Waals surface area contributed by atoms with Crippen molar-refractivity contribution in [1.29, 1.82) is 0 Å². The van der Waals surface area contributed by atoms with Crippen LogP contribution in [0.25, 0.3) is 0 Å². The van der Waals surface area contributed by atoms with E-state index in [4.69, 9.17) is 11.6 Å². The Morgan fingerprint density at radius 3 is 2.38 bits per heavy atom. The summed E-state index contributed by atoms with van der Waals surface area (Å²) in [5.41, 5.74) is -1.37. The normalized spacial score (nSPS) is 24.5. The largest absolute Gasteiger partial charge is 0.481 e. The monoisotopic (exact) mass is 383 g/mol. The summed E-state index contributed by atoms with van der Waals surface area (Å²) >= 11 is 5.71. The van der Waals surface area contributed by atoms with Crippen LogP contribution in [0.5, 0.6) is 0 Å². The number of aliphatic carboxylic acids is 1. The van der Waals surface area contributed by atoms with Crippen molar-refractivity contribution in [1.82, 2.24) is 14.7 Å². The SMILES string of the molecule is CN(C)C(=O)N1C[C@H]2CN(C(=O)c3ccc(Cl)cc3F)C[C@@]2(C(=O)O)C1. The Morgan fingerprint density at radius 1 is 1.23 bits per heavy atom. The van der Waals surface area contributed by atoms with Gasteiger partial charge in [-0.15, -0.1) is 0 Å². The lowest BCUT2D eigenvalue weighted by Crippen LogP contribution is -2.45. The average molecular weight is 384 g/mol. The van der Waals surface area contributed by atoms with Gasteiger partial charge < -0.3 is 19.8 Å². The topological polar surface area (TPSA) is 81.2 Å². The van der Waals surface area contributed by atoms with Gasteiger partial charge in [0.05, 0.1) is 5.56 Å². The number of carboxylic acids is 1. The maximum atomic E-state index is 14.0. The van der Waals surface area contributed by atoms with Crippen LogP contribution in [-0.4, -0.2) is 78.0 Å². The molecule has 2 aliphatic heterocycles. The molecule has 0 unspecified atom stereocenters. The van der Waals surface area contributed by atoms with E-state index in [2.05, 4.69) is 0 Å². The zero-order chi connectivity index (χ0) is 19.2. The Morgan fingerprint density at radius 2 is 1.85 bits per heavy atom. The fraction of sp³-hybridized carbons (Fsp3) is 0.471. The molecule has 1 aromatic carbocycles. The first-order chi connectivity index (χ1) is 12.2. The minimum Gasteiger partial charge on any atom is -0.481 e. The van der Waals surface area contributed by atoms with Crippen molar-refractivity contribution < 1.29 is 23.9 Å². The minimum atomic E-state index is -1.23. The average Bonchev–Trinajstić information content (AvgIpc) is 3.08. The number of halogens is 2. The highest BCUT2D eigenvalue weighted by atomic mass is 35.5. The Bertz CT molecular complexity index is 787. The number of likely N-dealkylation sites (tertiary alicyclic amines) is 2. The molecule has 2 aliphatic rings. The molecule has 9 heteroatoms. The van der Waals surface area contributed by atoms with E-state index in [1.54, 1.807) is 14.1 Å². The van der Waals surface area contributed by atoms with Gasteiger partial charge in [-0.25, -0.2) is 9.18 Å². The number of hydrogen-bond acceptors (Lipinski definition) is 3. The third-order valence-corrected chi connectivity index (χ3v) is 5.37. The first kappa shape index (κ1) is 18.4. The van der Waals surface area contributed by atoms with Crippen LogP contribution in [0.3, 0.4) is 0 Å². The van der Waals surface area contributed by atoms with Crippen molar-refractivity contribution in [2.45, 2.75) is 0 Å². The predicted octanol–water partition coefficient (Wildman–Crippen LogP) is 1.62. The van der Waals surface area contributed by atoms with Crippen LogP contribution in [-0.2, 0) is 4.79 Å². The summed E-state index contributed by atoms with van der Waals surface area (Å²) in [7, 11) is 3.20. The van der Waals surface area contributed by atoms with Crippen LogP contribution in [0.1, 0.15) is 10.4 Å². The molecule has 140 valence electrons. The molecule has 0 saturated carbocycles. The lowest BCUT2D eigenvalue weighted by atomic mass is 9.81. The van der Waals surface area contributed by atoms with E-state index in [9.17, 15) is 23.9 Å². The number of amides is 3. The van der Waals surface area contributed by atoms with Crippen molar-refractivity contribution in [3.8, 4) is 0 Å². The van der Waals surface area contributed by atoms with Gasteiger partial charge in [0.2, 0.25) is 0 Å². The molecule has 2 atom stereocenters. The highest BCUT2D eigenvalue weighted by Crippen LogP contribution is 2.43. The molecule has 0 radical (unpaired) electrons. The van der Waals surface area contributed by atoms with Gasteiger partial charge >= 0.3 is 12.0 Å². The van der Waals surface area contributed by atoms with E-state index in [1.165, 1.54) is 26.8 Å². The van der Waals surface area contributed by atoms with Gasteiger partial charge in [-0.05, 0) is 18.2 Å². The molecule has 26 heavy (non-hydrogen) atoms. The predicted molar refractivity (Wildman–Crippen MR) is 91.5 cm³/mol. The van der Waals surface area contributed by atoms with E-state index in [1.807, 2.05) is 0 Å². The van der Waals surface area contributed by atoms with Crippen molar-refractivity contribution in [2.24, 2.45) is 11.3 Å². The molecule has 2 heterocycles. The standard InChI is InChI=1S/C17H19ClFN3O4/c1-20(2)16(26)22-7-10-6-21(8-17(10,9-22)15(24)25)14(23)12-4-3-11(18)5-13(12)19/h3-5,10H,6-9H2,1-2H3,(H,24,25)/t10-,17-/m1/s1. The maximum absolute atomic E-state index is 14.0. The Labute approximate surface area is 154 Å². The Balaban J connectivity index is 1.83. The molecule has 2 saturated heterocycles. The van der Waals surface area contributed by atoms with Gasteiger partial charge in [0.25, 0.3) is 5.91 Å². The highest BCUT2D eigenvalue weighted by molar-refractivity contribution is 6.30. The molecule has 3 rings (SSSR count). The summed E-state index contributed by atoms with van der Waals surface area (Å²) in [6.45, 7) is 0.364. The van der Waals surface area contributed by atoms with Crippen molar-refractivity contribution >= 4 is 29.5 Å². The quantitative estimate of drug-likeness (QED) is 0.841. The fourth-order valence-corrected chi connectivity index (χ4v) is 3.94. The third kappa shape index (κ3) is 2.88. The van der Waals surface area contributed by atoms with Gasteiger partial charge in [-0.1, -0.05) is 11.6 Å². The second-order valence-corrected chi connectivity index (χ2v) is 7.46. The molecule has 2 fully saturated rings. The molecule has 3 amide bonds. The third-order valence-electron chi connectivity index (χ3n) is 5.14. The summed E-state index contributed by atoms with van der Waals surface area (Å²) in [4.78, 5) is 41.0. The molecule has 0 aromatic heterocycles. The number of hydrogen-bond donors (Lipinski definition) is 1. The highest BCUT2D eigenvalue weighted by Gasteiger charge is 2.59. The number of carboxylic acid groups (broad SMARTS) is 1. The lowest BCUT2D eigenvalue weighted by molar-refractivity contribution is -0.148. The number of benzene rings is 1. The van der Waals surface area contributed by atoms with Crippen LogP contribution < -0.4 is 0 Å². The zero-order valence-corrected chi connectivity index (χ0v) is 15.2. The van der Waals surface area contributed by atoms with Crippen LogP contribution >= 0.6 is 11.6 Å². The molecule has 7 nitrogen and oxygen atoms in total. The Kier molecular flexibility index (Phi) is 4.56. The summed E-state index contributed by atoms with van der Waals surface area (Å²) in [6, 6.07) is 3.50. The van der Waals surface area contributed by atoms with Gasteiger partial charge in [0.15, 0.2) is 0 Å². The van der Waals surface area contributed by atoms with Crippen LogP contribution in [0.15, 0.2) is 18.2 Å². The first-order valence-electron chi connectivity index (χ1n) is 8.09. The van der Waals surface area contributed by atoms with Crippen molar-refractivity contribution in [3.05, 3.63) is 34.6 Å². The second-order valence-electron chi connectivity index (χ2n) is 7.03. The number of carbonyl (C=O) groups excluding carboxylic acids is 2. The molecular weight excluding hydrogens is 365 g/mol. The number of fused-ring (bicyclic) bond motifs is 1. The maximum Gasteiger partial charge on any atom is 0.319 e. The molecular formula is C17H19ClFN3O4. The first-order valence-corrected chi connectivity index (χ1v) is 8.47. The van der Waals surface area contributed by atoms with E-state index >= 15 is 0 Å². The second kappa shape index (κ2) is 6.42. The number of nitrogens with zero attached hydrogens (tertiary/aromatic N) is 3. The van der Waals surface area contributed by atoms with Gasteiger partial charge in [0, 0.05) is 51.2 Å². The van der Waals surface area contributed by atoms with E-state index in [-0.39, 0.29) is 42.8 Å². The summed E-state index contributed by atoms with van der Waals surface area (Å²) in [5.74, 6) is -2.76. The van der Waals surface area contributed by atoms with Gasteiger partial charge in [0.1, 0.15) is 11.2 Å². The van der Waals surface area contributed by atoms with E-state index < -0.39 is 29.0 Å². The number of urea groups is 1. The van der Waals surface area contributed by atoms with Crippen LogP contribution in [0.2, 0.25) is 5.02 Å². The van der Waals surface area contributed by atoms with Crippen molar-refractivity contribution in [3.63, 3.8) is 0 Å². The number of carbonyl (C=O) groups is 3. The molecule has 0 spiro atoms.